The average Bonchev–Trinajstić information content (AvgIpc) is 3.71. The van der Waals surface area contributed by atoms with Gasteiger partial charge in [-0.25, -0.2) is 13.6 Å². The molecule has 0 aromatic heterocycles. The predicted molar refractivity (Wildman–Crippen MR) is 145 cm³/mol. The average molecular weight is 550 g/mol. The van der Waals surface area contributed by atoms with Crippen LogP contribution in [0.15, 0.2) is 42.5 Å². The number of hydrogen-bond acceptors (Lipinski definition) is 4. The topological polar surface area (TPSA) is 55.8 Å². The summed E-state index contributed by atoms with van der Waals surface area (Å²) in [4.78, 5) is 27.6. The largest absolute Gasteiger partial charge is 0.493 e. The zero-order valence-electron chi connectivity index (χ0n) is 22.8. The van der Waals surface area contributed by atoms with E-state index in [4.69, 9.17) is 9.47 Å². The minimum Gasteiger partial charge on any atom is -0.493 e. The Morgan fingerprint density at radius 2 is 1.62 bits per heavy atom. The summed E-state index contributed by atoms with van der Waals surface area (Å²) >= 11 is 0. The zero-order chi connectivity index (χ0) is 27.4. The Morgan fingerprint density at radius 3 is 2.27 bits per heavy atom. The second-order valence-corrected chi connectivity index (χ2v) is 13.2. The summed E-state index contributed by atoms with van der Waals surface area (Å²) in [5.74, 6) is 1.03. The molecule has 5 saturated carbocycles. The fraction of sp³-hybridized carbons (Fsp3) is 0.576. The van der Waals surface area contributed by atoms with Crippen LogP contribution in [0.4, 0.5) is 8.78 Å². The number of likely N-dealkylation sites (tertiary alicyclic amines) is 1. The summed E-state index contributed by atoms with van der Waals surface area (Å²) in [6, 6.07) is 10.7. The van der Waals surface area contributed by atoms with Gasteiger partial charge in [0.25, 0.3) is 5.91 Å². The van der Waals surface area contributed by atoms with Crippen LogP contribution in [0.3, 0.4) is 0 Å². The van der Waals surface area contributed by atoms with Crippen molar-refractivity contribution in [2.45, 2.75) is 82.5 Å². The Kier molecular flexibility index (Phi) is 6.59. The number of carbonyl (C=O) groups excluding carboxylic acids is 2. The molecule has 0 spiro atoms. The first-order chi connectivity index (χ1) is 19.4. The molecule has 2 aromatic rings. The molecule has 0 N–H and O–H groups in total. The van der Waals surface area contributed by atoms with E-state index in [2.05, 4.69) is 0 Å². The Labute approximate surface area is 234 Å². The molecule has 1 aliphatic heterocycles. The lowest BCUT2D eigenvalue weighted by Crippen LogP contribution is -2.48. The van der Waals surface area contributed by atoms with Crippen molar-refractivity contribution in [1.82, 2.24) is 4.90 Å². The van der Waals surface area contributed by atoms with Crippen LogP contribution in [0, 0.1) is 29.0 Å². The second-order valence-electron chi connectivity index (χ2n) is 13.2. The van der Waals surface area contributed by atoms with E-state index < -0.39 is 29.9 Å². The number of alkyl halides is 1. The minimum atomic E-state index is -1.55. The maximum absolute atomic E-state index is 15.6. The number of esters is 1. The van der Waals surface area contributed by atoms with Crippen molar-refractivity contribution in [3.8, 4) is 5.75 Å². The first kappa shape index (κ1) is 26.0. The number of carbonyl (C=O) groups is 2. The number of rotatable bonds is 8. The molecule has 2 aromatic carbocycles. The predicted octanol–water partition coefficient (Wildman–Crippen LogP) is 6.59. The van der Waals surface area contributed by atoms with Gasteiger partial charge in [0, 0.05) is 18.0 Å². The molecule has 0 unspecified atom stereocenters. The molecule has 0 radical (unpaired) electrons. The van der Waals surface area contributed by atoms with E-state index in [9.17, 15) is 14.0 Å². The first-order valence-corrected chi connectivity index (χ1v) is 15.0. The van der Waals surface area contributed by atoms with Gasteiger partial charge >= 0.3 is 5.97 Å². The van der Waals surface area contributed by atoms with Gasteiger partial charge in [-0.2, -0.15) is 0 Å². The molecule has 1 saturated heterocycles. The lowest BCUT2D eigenvalue weighted by Gasteiger charge is -2.56. The van der Waals surface area contributed by atoms with E-state index in [-0.39, 0.29) is 36.5 Å². The third kappa shape index (κ3) is 4.90. The van der Waals surface area contributed by atoms with Crippen molar-refractivity contribution in [3.05, 3.63) is 65.0 Å². The van der Waals surface area contributed by atoms with Crippen LogP contribution >= 0.6 is 0 Å². The fourth-order valence-corrected chi connectivity index (χ4v) is 8.50. The quantitative estimate of drug-likeness (QED) is 0.349. The van der Waals surface area contributed by atoms with Crippen LogP contribution in [-0.4, -0.2) is 42.1 Å². The van der Waals surface area contributed by atoms with Gasteiger partial charge < -0.3 is 14.4 Å². The highest BCUT2D eigenvalue weighted by molar-refractivity contribution is 5.98. The molecule has 1 heterocycles. The molecule has 4 bridgehead atoms. The first-order valence-electron chi connectivity index (χ1n) is 15.0. The zero-order valence-corrected chi connectivity index (χ0v) is 22.8. The molecular formula is C33H37F2NO4. The van der Waals surface area contributed by atoms with E-state index in [1.54, 1.807) is 18.2 Å². The lowest BCUT2D eigenvalue weighted by molar-refractivity contribution is -0.151. The van der Waals surface area contributed by atoms with Crippen molar-refractivity contribution < 1.29 is 27.8 Å². The number of halogens is 2. The van der Waals surface area contributed by atoms with Gasteiger partial charge in [-0.3, -0.25) is 4.79 Å². The van der Waals surface area contributed by atoms with E-state index in [0.717, 1.165) is 46.6 Å². The summed E-state index contributed by atoms with van der Waals surface area (Å²) < 4.78 is 42.2. The molecule has 8 rings (SSSR count). The van der Waals surface area contributed by atoms with E-state index in [1.807, 2.05) is 18.2 Å². The fourth-order valence-electron chi connectivity index (χ4n) is 8.50. The molecule has 1 amide bonds. The molecule has 2 atom stereocenters. The SMILES string of the molecule is O=C(OCc1ccccc1)[C@@H]1[C@H](F)CCN1C(=O)c1cc(C2CC2)c(OCC23CC4CC(CC(C4)C2)C3)cc1F. The monoisotopic (exact) mass is 549 g/mol. The number of nitrogens with zero attached hydrogens (tertiary/aromatic N) is 1. The van der Waals surface area contributed by atoms with Gasteiger partial charge in [-0.15, -0.1) is 0 Å². The summed E-state index contributed by atoms with van der Waals surface area (Å²) in [7, 11) is 0. The molecule has 5 aliphatic carbocycles. The van der Waals surface area contributed by atoms with E-state index >= 15 is 4.39 Å². The molecule has 40 heavy (non-hydrogen) atoms. The molecular weight excluding hydrogens is 512 g/mol. The minimum absolute atomic E-state index is 0.0130. The van der Waals surface area contributed by atoms with Crippen LogP contribution in [-0.2, 0) is 16.1 Å². The van der Waals surface area contributed by atoms with Gasteiger partial charge in [-0.05, 0) is 98.7 Å². The van der Waals surface area contributed by atoms with Crippen LogP contribution in [0.1, 0.15) is 85.2 Å². The van der Waals surface area contributed by atoms with E-state index in [1.165, 1.54) is 44.6 Å². The number of benzene rings is 2. The van der Waals surface area contributed by atoms with Crippen molar-refractivity contribution in [3.63, 3.8) is 0 Å². The normalized spacial score (nSPS) is 32.4. The van der Waals surface area contributed by atoms with Gasteiger partial charge in [0.05, 0.1) is 12.2 Å². The Morgan fingerprint density at radius 1 is 0.950 bits per heavy atom. The highest BCUT2D eigenvalue weighted by atomic mass is 19.1. The lowest BCUT2D eigenvalue weighted by atomic mass is 9.50. The Balaban J connectivity index is 1.08. The summed E-state index contributed by atoms with van der Waals surface area (Å²) in [6.07, 6.45) is 8.09. The molecule has 6 aliphatic rings. The van der Waals surface area contributed by atoms with Crippen molar-refractivity contribution in [1.29, 1.82) is 0 Å². The Bertz CT molecular complexity index is 1260. The van der Waals surface area contributed by atoms with Gasteiger partial charge in [0.2, 0.25) is 0 Å². The van der Waals surface area contributed by atoms with Gasteiger partial charge in [-0.1, -0.05) is 30.3 Å². The van der Waals surface area contributed by atoms with Gasteiger partial charge in [0.1, 0.15) is 24.3 Å². The molecule has 5 nitrogen and oxygen atoms in total. The number of amides is 1. The molecule has 7 heteroatoms. The Hall–Kier alpha value is -2.96. The van der Waals surface area contributed by atoms with Gasteiger partial charge in [0.15, 0.2) is 6.04 Å². The van der Waals surface area contributed by atoms with Crippen LogP contribution in [0.25, 0.3) is 0 Å². The number of hydrogen-bond donors (Lipinski definition) is 0. The third-order valence-electron chi connectivity index (χ3n) is 10.1. The smallest absolute Gasteiger partial charge is 0.332 e. The summed E-state index contributed by atoms with van der Waals surface area (Å²) in [5, 5.41) is 0. The highest BCUT2D eigenvalue weighted by Gasteiger charge is 2.51. The molecule has 212 valence electrons. The second kappa shape index (κ2) is 10.1. The van der Waals surface area contributed by atoms with Crippen molar-refractivity contribution >= 4 is 11.9 Å². The standard InChI is InChI=1S/C33H37F2NO4/c34-27-8-9-36(30(27)32(38)39-18-20-4-2-1-3-5-20)31(37)26-13-25(24-6-7-24)29(14-28(26)35)40-19-33-15-21-10-22(16-33)12-23(11-21)17-33/h1-5,13-14,21-24,27,30H,6-12,15-19H2/t21?,22?,23?,27-,30+,33?/m1/s1. The van der Waals surface area contributed by atoms with E-state index in [0.29, 0.717) is 12.4 Å². The van der Waals surface area contributed by atoms with Crippen molar-refractivity contribution in [2.24, 2.45) is 23.2 Å². The maximum Gasteiger partial charge on any atom is 0.332 e. The summed E-state index contributed by atoms with van der Waals surface area (Å²) in [6.45, 7) is 0.627. The highest BCUT2D eigenvalue weighted by Crippen LogP contribution is 2.60. The number of ether oxygens (including phenoxy) is 2. The molecule has 6 fully saturated rings. The van der Waals surface area contributed by atoms with Crippen LogP contribution < -0.4 is 4.74 Å². The maximum atomic E-state index is 15.6. The van der Waals surface area contributed by atoms with Crippen molar-refractivity contribution in [2.75, 3.05) is 13.2 Å². The van der Waals surface area contributed by atoms with Crippen LogP contribution in [0.2, 0.25) is 0 Å². The summed E-state index contributed by atoms with van der Waals surface area (Å²) in [5.41, 5.74) is 1.69. The third-order valence-corrected chi connectivity index (χ3v) is 10.1. The van der Waals surface area contributed by atoms with Crippen LogP contribution in [0.5, 0.6) is 5.75 Å².